The normalized spacial score (nSPS) is 16.4. The predicted octanol–water partition coefficient (Wildman–Crippen LogP) is 4.71. The van der Waals surface area contributed by atoms with Gasteiger partial charge in [0.1, 0.15) is 5.75 Å². The number of aryl methyl sites for hydroxylation is 1. The van der Waals surface area contributed by atoms with Crippen molar-refractivity contribution in [2.24, 2.45) is 5.92 Å². The third-order valence-electron chi connectivity index (χ3n) is 5.89. The van der Waals surface area contributed by atoms with Gasteiger partial charge >= 0.3 is 0 Å². The lowest BCUT2D eigenvalue weighted by Gasteiger charge is -2.34. The number of ether oxygens (including phenoxy) is 1. The fraction of sp³-hybridized carbons (Fsp3) is 0.375. The zero-order valence-electron chi connectivity index (χ0n) is 17.7. The molecule has 30 heavy (non-hydrogen) atoms. The standard InChI is InChI=1S/C24H27N3O3/c1-16-5-4-6-20(15-16)24-26-25-23(30-24)17(2)27-13-11-19(12-14-27)22(28)18-7-9-21(29-3)10-8-18/h4-10,15,17,19H,11-14H2,1-3H3/t17-/m0/s1. The van der Waals surface area contributed by atoms with Gasteiger partial charge in [-0.2, -0.15) is 0 Å². The van der Waals surface area contributed by atoms with Gasteiger partial charge in [0.25, 0.3) is 0 Å². The van der Waals surface area contributed by atoms with Crippen LogP contribution in [0.2, 0.25) is 0 Å². The summed E-state index contributed by atoms with van der Waals surface area (Å²) in [5, 5.41) is 8.51. The summed E-state index contributed by atoms with van der Waals surface area (Å²) in [4.78, 5) is 15.1. The number of piperidine rings is 1. The van der Waals surface area contributed by atoms with Crippen molar-refractivity contribution in [3.8, 4) is 17.2 Å². The molecule has 3 aromatic rings. The van der Waals surface area contributed by atoms with E-state index in [4.69, 9.17) is 9.15 Å². The van der Waals surface area contributed by atoms with Gasteiger partial charge in [-0.1, -0.05) is 17.7 Å². The quantitative estimate of drug-likeness (QED) is 0.553. The average molecular weight is 405 g/mol. The number of Topliss-reactive ketones (excluding diaryl/α,β-unsaturated/α-hetero) is 1. The number of rotatable bonds is 6. The predicted molar refractivity (Wildman–Crippen MR) is 115 cm³/mol. The third-order valence-corrected chi connectivity index (χ3v) is 5.89. The smallest absolute Gasteiger partial charge is 0.247 e. The molecule has 1 aromatic heterocycles. The van der Waals surface area contributed by atoms with E-state index in [0.717, 1.165) is 48.4 Å². The van der Waals surface area contributed by atoms with Gasteiger partial charge in [0.05, 0.1) is 13.2 Å². The van der Waals surface area contributed by atoms with Crippen molar-refractivity contribution in [2.75, 3.05) is 20.2 Å². The van der Waals surface area contributed by atoms with E-state index >= 15 is 0 Å². The van der Waals surface area contributed by atoms with Crippen LogP contribution in [0.4, 0.5) is 0 Å². The molecule has 1 aliphatic heterocycles. The second-order valence-electron chi connectivity index (χ2n) is 7.89. The van der Waals surface area contributed by atoms with E-state index in [2.05, 4.69) is 22.0 Å². The summed E-state index contributed by atoms with van der Waals surface area (Å²) >= 11 is 0. The van der Waals surface area contributed by atoms with Crippen LogP contribution in [0.1, 0.15) is 47.6 Å². The second-order valence-corrected chi connectivity index (χ2v) is 7.89. The van der Waals surface area contributed by atoms with E-state index in [0.29, 0.717) is 11.8 Å². The van der Waals surface area contributed by atoms with Crippen molar-refractivity contribution in [3.05, 3.63) is 65.5 Å². The van der Waals surface area contributed by atoms with Crippen molar-refractivity contribution in [1.29, 1.82) is 0 Å². The summed E-state index contributed by atoms with van der Waals surface area (Å²) in [5.74, 6) is 2.19. The SMILES string of the molecule is COc1ccc(C(=O)C2CCN([C@@H](C)c3nnc(-c4cccc(C)c4)o3)CC2)cc1. The zero-order valence-corrected chi connectivity index (χ0v) is 17.7. The minimum atomic E-state index is 0.0214. The van der Waals surface area contributed by atoms with Crippen LogP contribution >= 0.6 is 0 Å². The summed E-state index contributed by atoms with van der Waals surface area (Å²) in [6, 6.07) is 15.4. The number of benzene rings is 2. The Morgan fingerprint density at radius 3 is 2.53 bits per heavy atom. The maximum Gasteiger partial charge on any atom is 0.247 e. The molecule has 0 amide bonds. The largest absolute Gasteiger partial charge is 0.497 e. The Morgan fingerprint density at radius 2 is 1.87 bits per heavy atom. The average Bonchev–Trinajstić information content (AvgIpc) is 3.29. The van der Waals surface area contributed by atoms with E-state index in [1.165, 1.54) is 0 Å². The molecular formula is C24H27N3O3. The van der Waals surface area contributed by atoms with Crippen molar-refractivity contribution in [1.82, 2.24) is 15.1 Å². The Kier molecular flexibility index (Phi) is 5.95. The molecule has 0 spiro atoms. The van der Waals surface area contributed by atoms with Gasteiger partial charge in [0, 0.05) is 17.0 Å². The minimum absolute atomic E-state index is 0.0214. The molecule has 0 radical (unpaired) electrons. The third kappa shape index (κ3) is 4.28. The van der Waals surface area contributed by atoms with Crippen molar-refractivity contribution in [3.63, 3.8) is 0 Å². The summed E-state index contributed by atoms with van der Waals surface area (Å²) < 4.78 is 11.1. The topological polar surface area (TPSA) is 68.5 Å². The summed E-state index contributed by atoms with van der Waals surface area (Å²) in [5.41, 5.74) is 2.84. The van der Waals surface area contributed by atoms with E-state index in [1.54, 1.807) is 7.11 Å². The number of aromatic nitrogens is 2. The number of hydrogen-bond acceptors (Lipinski definition) is 6. The molecule has 0 unspecified atom stereocenters. The molecule has 156 valence electrons. The first-order chi connectivity index (χ1) is 14.5. The molecule has 2 heterocycles. The molecule has 0 saturated carbocycles. The Morgan fingerprint density at radius 1 is 1.13 bits per heavy atom. The number of carbonyl (C=O) groups is 1. The van der Waals surface area contributed by atoms with E-state index < -0.39 is 0 Å². The molecule has 2 aromatic carbocycles. The highest BCUT2D eigenvalue weighted by Gasteiger charge is 2.30. The minimum Gasteiger partial charge on any atom is -0.497 e. The van der Waals surface area contributed by atoms with Crippen LogP contribution in [-0.2, 0) is 0 Å². The summed E-state index contributed by atoms with van der Waals surface area (Å²) in [6.45, 7) is 5.78. The maximum absolute atomic E-state index is 12.8. The lowest BCUT2D eigenvalue weighted by Crippen LogP contribution is -2.38. The number of likely N-dealkylation sites (tertiary alicyclic amines) is 1. The Labute approximate surface area is 176 Å². The van der Waals surface area contributed by atoms with Crippen LogP contribution < -0.4 is 4.74 Å². The molecular weight excluding hydrogens is 378 g/mol. The van der Waals surface area contributed by atoms with Crippen LogP contribution in [0.3, 0.4) is 0 Å². The highest BCUT2D eigenvalue weighted by atomic mass is 16.5. The molecule has 1 fully saturated rings. The fourth-order valence-corrected chi connectivity index (χ4v) is 3.99. The van der Waals surface area contributed by atoms with Crippen LogP contribution in [0.25, 0.3) is 11.5 Å². The Balaban J connectivity index is 1.37. The zero-order chi connectivity index (χ0) is 21.1. The van der Waals surface area contributed by atoms with Crippen molar-refractivity contribution >= 4 is 5.78 Å². The first-order valence-electron chi connectivity index (χ1n) is 10.4. The molecule has 0 aliphatic carbocycles. The monoisotopic (exact) mass is 405 g/mol. The highest BCUT2D eigenvalue weighted by molar-refractivity contribution is 5.98. The Bertz CT molecular complexity index is 1000. The van der Waals surface area contributed by atoms with E-state index in [-0.39, 0.29) is 17.7 Å². The molecule has 1 atom stereocenters. The number of hydrogen-bond donors (Lipinski definition) is 0. The van der Waals surface area contributed by atoms with Gasteiger partial charge in [0.2, 0.25) is 11.8 Å². The molecule has 4 rings (SSSR count). The van der Waals surface area contributed by atoms with Gasteiger partial charge in [-0.15, -0.1) is 10.2 Å². The van der Waals surface area contributed by atoms with Gasteiger partial charge in [-0.05, 0) is 76.2 Å². The van der Waals surface area contributed by atoms with Crippen molar-refractivity contribution < 1.29 is 13.9 Å². The maximum atomic E-state index is 12.8. The van der Waals surface area contributed by atoms with Gasteiger partial charge < -0.3 is 9.15 Å². The van der Waals surface area contributed by atoms with Gasteiger partial charge in [0.15, 0.2) is 5.78 Å². The van der Waals surface area contributed by atoms with Crippen molar-refractivity contribution in [2.45, 2.75) is 32.7 Å². The van der Waals surface area contributed by atoms with Gasteiger partial charge in [-0.25, -0.2) is 0 Å². The molecule has 0 bridgehead atoms. The first kappa shape index (κ1) is 20.3. The molecule has 0 N–H and O–H groups in total. The first-order valence-corrected chi connectivity index (χ1v) is 10.4. The van der Waals surface area contributed by atoms with Crippen LogP contribution in [0.15, 0.2) is 52.9 Å². The van der Waals surface area contributed by atoms with E-state index in [1.807, 2.05) is 55.5 Å². The van der Waals surface area contributed by atoms with Crippen LogP contribution in [0.5, 0.6) is 5.75 Å². The van der Waals surface area contributed by atoms with E-state index in [9.17, 15) is 4.79 Å². The van der Waals surface area contributed by atoms with Crippen LogP contribution in [0, 0.1) is 12.8 Å². The number of ketones is 1. The molecule has 6 heteroatoms. The number of methoxy groups -OCH3 is 1. The second kappa shape index (κ2) is 8.79. The summed E-state index contributed by atoms with van der Waals surface area (Å²) in [7, 11) is 1.63. The number of carbonyl (C=O) groups excluding carboxylic acids is 1. The lowest BCUT2D eigenvalue weighted by atomic mass is 9.88. The van der Waals surface area contributed by atoms with Crippen LogP contribution in [-0.4, -0.2) is 41.1 Å². The number of nitrogens with zero attached hydrogens (tertiary/aromatic N) is 3. The van der Waals surface area contributed by atoms with Gasteiger partial charge in [-0.3, -0.25) is 9.69 Å². The molecule has 1 saturated heterocycles. The molecule has 6 nitrogen and oxygen atoms in total. The lowest BCUT2D eigenvalue weighted by molar-refractivity contribution is 0.0782. The molecule has 1 aliphatic rings. The Hall–Kier alpha value is -2.99. The highest BCUT2D eigenvalue weighted by Crippen LogP contribution is 2.29. The fourth-order valence-electron chi connectivity index (χ4n) is 3.99. The summed E-state index contributed by atoms with van der Waals surface area (Å²) in [6.07, 6.45) is 1.65.